The molecule has 6 N–H and O–H groups in total. The number of hydrogen-bond donors (Lipinski definition) is 6. The van der Waals surface area contributed by atoms with Gasteiger partial charge >= 0.3 is 59.1 Å². The van der Waals surface area contributed by atoms with Gasteiger partial charge in [-0.05, 0) is 48.2 Å². The van der Waals surface area contributed by atoms with Crippen molar-refractivity contribution >= 4 is 20.2 Å². The minimum Gasteiger partial charge on any atom is -1.00 e. The van der Waals surface area contributed by atoms with Crippen LogP contribution >= 0.6 is 0 Å². The molecular formula is C18H24Na2O11S2. The molecule has 0 aliphatic rings. The van der Waals surface area contributed by atoms with Gasteiger partial charge < -0.3 is 28.0 Å². The Morgan fingerprint density at radius 2 is 0.909 bits per heavy atom. The number of aromatic hydroxyl groups is 4. The zero-order valence-electron chi connectivity index (χ0n) is 20.0. The third kappa shape index (κ3) is 10.3. The average Bonchev–Trinajstić information content (AvgIpc) is 2.56. The Balaban J connectivity index is -0.00000256. The maximum atomic E-state index is 11.7. The molecule has 0 radical (unpaired) electrons. The predicted molar refractivity (Wildman–Crippen MR) is 110 cm³/mol. The molecule has 0 fully saturated rings. The first-order valence-electron chi connectivity index (χ1n) is 8.83. The minimum atomic E-state index is -4.62. The second-order valence-corrected chi connectivity index (χ2v) is 9.96. The van der Waals surface area contributed by atoms with Crippen molar-refractivity contribution in [2.45, 2.75) is 23.3 Å². The summed E-state index contributed by atoms with van der Waals surface area (Å²) in [5, 5.41) is 35.0. The van der Waals surface area contributed by atoms with Gasteiger partial charge in [-0.2, -0.15) is 16.8 Å². The molecule has 0 heterocycles. The molecule has 0 saturated carbocycles. The molecule has 0 spiro atoms. The van der Waals surface area contributed by atoms with Gasteiger partial charge in [0, 0.05) is 25.3 Å². The van der Waals surface area contributed by atoms with Gasteiger partial charge in [0.2, 0.25) is 0 Å². The van der Waals surface area contributed by atoms with Gasteiger partial charge in [0.1, 0.15) is 33.5 Å². The van der Waals surface area contributed by atoms with E-state index in [0.717, 1.165) is 36.4 Å². The molecule has 176 valence electrons. The largest absolute Gasteiger partial charge is 1.00 e. The van der Waals surface area contributed by atoms with Crippen molar-refractivity contribution in [3.05, 3.63) is 47.5 Å². The van der Waals surface area contributed by atoms with E-state index >= 15 is 0 Å². The summed E-state index contributed by atoms with van der Waals surface area (Å²) in [6.45, 7) is -0.519. The van der Waals surface area contributed by atoms with Crippen LogP contribution < -0.4 is 59.1 Å². The number of phenolic OH excluding ortho intramolecular Hbond substituents is 4. The maximum Gasteiger partial charge on any atom is 1.00 e. The standard InChI is InChI=1S/C18H22O11S2.2Na.2H/c19-13-5-11(6-14(20)9-13)17(30(23,24)25)1-3-29-4-2-18(31(26,27)28)12-7-15(21)10-16(22)8-12;;;;/h5-10,17-22H,1-4H2,(H,23,24,25)(H,26,27,28);;;;/q;2*+1;2*-1. The molecule has 0 aromatic heterocycles. The van der Waals surface area contributed by atoms with Crippen molar-refractivity contribution in [2.24, 2.45) is 0 Å². The fourth-order valence-corrected chi connectivity index (χ4v) is 4.81. The van der Waals surface area contributed by atoms with Crippen molar-refractivity contribution in [1.29, 1.82) is 0 Å². The molecule has 0 aliphatic carbocycles. The summed E-state index contributed by atoms with van der Waals surface area (Å²) in [7, 11) is -9.25. The first-order valence-corrected chi connectivity index (χ1v) is 11.8. The van der Waals surface area contributed by atoms with Crippen LogP contribution in [0.1, 0.15) is 37.3 Å². The second kappa shape index (κ2) is 13.5. The number of hydrogen-bond acceptors (Lipinski definition) is 9. The van der Waals surface area contributed by atoms with Crippen LogP contribution in [0.4, 0.5) is 0 Å². The molecule has 33 heavy (non-hydrogen) atoms. The normalized spacial score (nSPS) is 13.4. The molecule has 2 rings (SSSR count). The predicted octanol–water partition coefficient (Wildman–Crippen LogP) is -3.90. The molecule has 2 aromatic rings. The van der Waals surface area contributed by atoms with Crippen molar-refractivity contribution < 1.29 is 113 Å². The summed E-state index contributed by atoms with van der Waals surface area (Å²) < 4.78 is 70.9. The van der Waals surface area contributed by atoms with Crippen LogP contribution in [0.25, 0.3) is 0 Å². The third-order valence-electron chi connectivity index (χ3n) is 4.36. The van der Waals surface area contributed by atoms with E-state index < -0.39 is 53.7 Å². The van der Waals surface area contributed by atoms with Gasteiger partial charge in [0.15, 0.2) is 0 Å². The van der Waals surface area contributed by atoms with E-state index in [0.29, 0.717) is 0 Å². The molecule has 2 unspecified atom stereocenters. The Bertz CT molecular complexity index is 1020. The second-order valence-electron chi connectivity index (χ2n) is 6.76. The maximum absolute atomic E-state index is 11.7. The zero-order chi connectivity index (χ0) is 23.4. The first kappa shape index (κ1) is 32.4. The topological polar surface area (TPSA) is 199 Å². The molecule has 0 bridgehead atoms. The SMILES string of the molecule is O=S(=O)(O)C(CCOCCC(c1cc(O)cc(O)c1)S(=O)(=O)O)c1cc(O)cc(O)c1.[H-].[H-].[Na+].[Na+]. The Kier molecular flexibility index (Phi) is 13.3. The van der Waals surface area contributed by atoms with Crippen LogP contribution in [-0.2, 0) is 25.0 Å². The average molecular weight is 526 g/mol. The smallest absolute Gasteiger partial charge is 1.00 e. The van der Waals surface area contributed by atoms with Gasteiger partial charge in [0.25, 0.3) is 20.2 Å². The molecule has 2 atom stereocenters. The van der Waals surface area contributed by atoms with Crippen LogP contribution in [0.15, 0.2) is 36.4 Å². The number of benzene rings is 2. The number of rotatable bonds is 10. The summed E-state index contributed by atoms with van der Waals surface area (Å²) in [5.74, 6) is -1.63. The zero-order valence-corrected chi connectivity index (χ0v) is 23.6. The van der Waals surface area contributed by atoms with E-state index in [9.17, 15) is 46.4 Å². The summed E-state index contributed by atoms with van der Waals surface area (Å²) in [6, 6.07) is 6.19. The fourth-order valence-electron chi connectivity index (χ4n) is 3.07. The number of phenols is 4. The summed E-state index contributed by atoms with van der Waals surface area (Å²) in [5.41, 5.74) is -0.149. The quantitative estimate of drug-likeness (QED) is 0.100. The first-order chi connectivity index (χ1) is 14.3. The van der Waals surface area contributed by atoms with Gasteiger partial charge in [-0.1, -0.05) is 0 Å². The van der Waals surface area contributed by atoms with Crippen LogP contribution in [0.3, 0.4) is 0 Å². The van der Waals surface area contributed by atoms with E-state index in [2.05, 4.69) is 0 Å². The minimum absolute atomic E-state index is 0. The summed E-state index contributed by atoms with van der Waals surface area (Å²) in [6.07, 6.45) is -0.573. The van der Waals surface area contributed by atoms with E-state index in [1.165, 1.54) is 0 Å². The number of ether oxygens (including phenoxy) is 1. The third-order valence-corrected chi connectivity index (χ3v) is 6.82. The van der Waals surface area contributed by atoms with Crippen LogP contribution in [-0.4, -0.2) is 59.6 Å². The van der Waals surface area contributed by atoms with Gasteiger partial charge in [-0.3, -0.25) is 9.11 Å². The van der Waals surface area contributed by atoms with E-state index in [1.54, 1.807) is 0 Å². The van der Waals surface area contributed by atoms with Crippen LogP contribution in [0.5, 0.6) is 23.0 Å². The van der Waals surface area contributed by atoms with Crippen LogP contribution in [0.2, 0.25) is 0 Å². The molecule has 2 aromatic carbocycles. The molecule has 0 saturated heterocycles. The van der Waals surface area contributed by atoms with E-state index in [1.807, 2.05) is 0 Å². The van der Waals surface area contributed by atoms with Gasteiger partial charge in [-0.15, -0.1) is 0 Å². The molecule has 15 heteroatoms. The van der Waals surface area contributed by atoms with Crippen molar-refractivity contribution in [1.82, 2.24) is 0 Å². The van der Waals surface area contributed by atoms with Crippen molar-refractivity contribution in [3.8, 4) is 23.0 Å². The summed E-state index contributed by atoms with van der Waals surface area (Å²) >= 11 is 0. The van der Waals surface area contributed by atoms with Crippen molar-refractivity contribution in [3.63, 3.8) is 0 Å². The van der Waals surface area contributed by atoms with E-state index in [-0.39, 0.29) is 99.2 Å². The monoisotopic (exact) mass is 526 g/mol. The van der Waals surface area contributed by atoms with Gasteiger partial charge in [-0.25, -0.2) is 0 Å². The van der Waals surface area contributed by atoms with Crippen molar-refractivity contribution in [2.75, 3.05) is 13.2 Å². The van der Waals surface area contributed by atoms with Crippen LogP contribution in [0, 0.1) is 0 Å². The Morgan fingerprint density at radius 3 is 1.15 bits per heavy atom. The molecule has 11 nitrogen and oxygen atoms in total. The van der Waals surface area contributed by atoms with E-state index in [4.69, 9.17) is 4.74 Å². The fraction of sp³-hybridized carbons (Fsp3) is 0.333. The Labute approximate surface area is 238 Å². The Hall–Kier alpha value is -0.580. The molecular weight excluding hydrogens is 502 g/mol. The Morgan fingerprint density at radius 1 is 0.636 bits per heavy atom. The molecule has 0 aliphatic heterocycles. The van der Waals surface area contributed by atoms with Gasteiger partial charge in [0.05, 0.1) is 0 Å². The molecule has 0 amide bonds. The summed E-state index contributed by atoms with van der Waals surface area (Å²) in [4.78, 5) is 0.